The minimum Gasteiger partial charge on any atom is -0.508 e. The second-order valence-corrected chi connectivity index (χ2v) is 12.5. The third-order valence-corrected chi connectivity index (χ3v) is 9.03. The molecular formula is C28H29Cl2O5P. The number of fused-ring (bicyclic) bond motifs is 1. The van der Waals surface area contributed by atoms with E-state index in [1.165, 1.54) is 0 Å². The van der Waals surface area contributed by atoms with E-state index in [0.717, 1.165) is 40.7 Å². The van der Waals surface area contributed by atoms with Crippen LogP contribution in [0.5, 0.6) is 11.5 Å². The number of benzene rings is 3. The maximum atomic E-state index is 13.3. The summed E-state index contributed by atoms with van der Waals surface area (Å²) in [6.45, 7) is 4.45. The molecule has 1 N–H and O–H groups in total. The molecule has 8 heteroatoms. The lowest BCUT2D eigenvalue weighted by molar-refractivity contribution is 0.0725. The highest BCUT2D eigenvalue weighted by atomic mass is 35.5. The largest absolute Gasteiger partial charge is 0.508 e. The average molecular weight is 547 g/mol. The predicted molar refractivity (Wildman–Crippen MR) is 143 cm³/mol. The van der Waals surface area contributed by atoms with E-state index in [4.69, 9.17) is 37.0 Å². The van der Waals surface area contributed by atoms with Crippen LogP contribution in [0.15, 0.2) is 54.6 Å². The van der Waals surface area contributed by atoms with E-state index >= 15 is 0 Å². The van der Waals surface area contributed by atoms with Crippen LogP contribution < -0.4 is 4.74 Å². The highest BCUT2D eigenvalue weighted by molar-refractivity contribution is 7.53. The molecule has 1 saturated heterocycles. The first-order valence-electron chi connectivity index (χ1n) is 12.2. The molecule has 36 heavy (non-hydrogen) atoms. The van der Waals surface area contributed by atoms with E-state index in [1.807, 2.05) is 30.3 Å². The number of rotatable bonds is 6. The summed E-state index contributed by atoms with van der Waals surface area (Å²) in [5.74, 6) is 1.24. The fourth-order valence-corrected chi connectivity index (χ4v) is 7.15. The lowest BCUT2D eigenvalue weighted by atomic mass is 9.89. The molecule has 3 aromatic rings. The van der Waals surface area contributed by atoms with Gasteiger partial charge in [-0.25, -0.2) is 0 Å². The average Bonchev–Trinajstić information content (AvgIpc) is 3.28. The topological polar surface area (TPSA) is 65.0 Å². The number of phenolic OH excluding ortho intramolecular Hbond substituents is 1. The Morgan fingerprint density at radius 1 is 1.08 bits per heavy atom. The van der Waals surface area contributed by atoms with Gasteiger partial charge in [0.1, 0.15) is 11.5 Å². The predicted octanol–water partition coefficient (Wildman–Crippen LogP) is 8.61. The van der Waals surface area contributed by atoms with Gasteiger partial charge < -0.3 is 14.4 Å². The molecule has 1 aliphatic heterocycles. The molecule has 5 nitrogen and oxygen atoms in total. The Bertz CT molecular complexity index is 1330. The summed E-state index contributed by atoms with van der Waals surface area (Å²) < 4.78 is 30.6. The molecule has 1 fully saturated rings. The Hall–Kier alpha value is -2.01. The van der Waals surface area contributed by atoms with Gasteiger partial charge in [0.2, 0.25) is 0 Å². The number of aryl methyl sites for hydroxylation is 1. The van der Waals surface area contributed by atoms with Gasteiger partial charge in [-0.1, -0.05) is 61.3 Å². The summed E-state index contributed by atoms with van der Waals surface area (Å²) in [4.78, 5) is 0. The molecule has 0 saturated carbocycles. The van der Waals surface area contributed by atoms with Gasteiger partial charge in [0, 0.05) is 22.4 Å². The van der Waals surface area contributed by atoms with Gasteiger partial charge in [-0.05, 0) is 76.9 Å². The van der Waals surface area contributed by atoms with E-state index in [9.17, 15) is 9.67 Å². The van der Waals surface area contributed by atoms with Crippen LogP contribution in [0.2, 0.25) is 10.0 Å². The summed E-state index contributed by atoms with van der Waals surface area (Å²) in [5.41, 5.74) is 5.15. The SMILES string of the molecule is CC(C)c1cc(C2CCc3cc(OCP4(=O)OCC[C@@H](c5cccc(Cl)c5)O4)cc(Cl)c32)ccc1O. The van der Waals surface area contributed by atoms with E-state index in [-0.39, 0.29) is 24.3 Å². The fraction of sp³-hybridized carbons (Fsp3) is 0.357. The molecule has 1 heterocycles. The van der Waals surface area contributed by atoms with Gasteiger partial charge in [-0.3, -0.25) is 9.09 Å². The summed E-state index contributed by atoms with van der Waals surface area (Å²) in [6.07, 6.45) is 1.81. The summed E-state index contributed by atoms with van der Waals surface area (Å²) >= 11 is 12.9. The zero-order chi connectivity index (χ0) is 25.4. The molecule has 5 rings (SSSR count). The quantitative estimate of drug-likeness (QED) is 0.313. The highest BCUT2D eigenvalue weighted by Gasteiger charge is 2.36. The molecular weight excluding hydrogens is 518 g/mol. The maximum Gasteiger partial charge on any atom is 0.368 e. The minimum absolute atomic E-state index is 0.154. The number of ether oxygens (including phenoxy) is 1. The molecule has 1 aliphatic carbocycles. The Morgan fingerprint density at radius 2 is 1.92 bits per heavy atom. The maximum absolute atomic E-state index is 13.3. The standard InChI is InChI=1S/C28H29Cl2O5P/c1-17(2)24-14-18(7-9-26(24)31)23-8-6-20-13-22(15-25(30)28(20)23)33-16-36(32)34-11-10-27(35-36)19-4-3-5-21(29)12-19/h3-5,7,9,12-15,17,23,27,31H,6,8,10-11,16H2,1-2H3/t23?,27-,36?/m0/s1. The van der Waals surface area contributed by atoms with E-state index in [1.54, 1.807) is 18.2 Å². The summed E-state index contributed by atoms with van der Waals surface area (Å²) in [6, 6.07) is 16.9. The van der Waals surface area contributed by atoms with Gasteiger partial charge in [-0.15, -0.1) is 0 Å². The normalized spacial score (nSPS) is 23.6. The first-order valence-corrected chi connectivity index (χ1v) is 14.7. The summed E-state index contributed by atoms with van der Waals surface area (Å²) in [5, 5.41) is 11.4. The van der Waals surface area contributed by atoms with E-state index in [0.29, 0.717) is 34.6 Å². The fourth-order valence-electron chi connectivity index (χ4n) is 5.09. The third kappa shape index (κ3) is 5.32. The highest BCUT2D eigenvalue weighted by Crippen LogP contribution is 2.56. The number of halogens is 2. The zero-order valence-corrected chi connectivity index (χ0v) is 22.7. The number of phenols is 1. The lowest BCUT2D eigenvalue weighted by Crippen LogP contribution is -2.17. The van der Waals surface area contributed by atoms with E-state index in [2.05, 4.69) is 19.9 Å². The van der Waals surface area contributed by atoms with Gasteiger partial charge in [0.15, 0.2) is 6.35 Å². The van der Waals surface area contributed by atoms with Crippen LogP contribution in [-0.2, 0) is 20.0 Å². The van der Waals surface area contributed by atoms with Crippen LogP contribution in [0.25, 0.3) is 0 Å². The molecule has 3 atom stereocenters. The van der Waals surface area contributed by atoms with Crippen LogP contribution in [0.1, 0.15) is 72.4 Å². The van der Waals surface area contributed by atoms with Crippen molar-refractivity contribution in [2.75, 3.05) is 13.0 Å². The molecule has 190 valence electrons. The second kappa shape index (κ2) is 10.4. The molecule has 0 amide bonds. The van der Waals surface area contributed by atoms with Gasteiger partial charge in [0.25, 0.3) is 0 Å². The summed E-state index contributed by atoms with van der Waals surface area (Å²) in [7, 11) is -3.46. The van der Waals surface area contributed by atoms with Crippen LogP contribution in [-0.4, -0.2) is 18.1 Å². The molecule has 2 aliphatic rings. The Morgan fingerprint density at radius 3 is 2.69 bits per heavy atom. The minimum atomic E-state index is -3.46. The molecule has 0 radical (unpaired) electrons. The number of aromatic hydroxyl groups is 1. The zero-order valence-electron chi connectivity index (χ0n) is 20.2. The molecule has 0 aromatic heterocycles. The number of hydrogen-bond acceptors (Lipinski definition) is 5. The smallest absolute Gasteiger partial charge is 0.368 e. The first-order chi connectivity index (χ1) is 17.2. The Balaban J connectivity index is 1.31. The first kappa shape index (κ1) is 25.6. The molecule has 0 bridgehead atoms. The Labute approximate surface area is 221 Å². The van der Waals surface area contributed by atoms with Crippen LogP contribution in [0, 0.1) is 0 Å². The molecule has 2 unspecified atom stereocenters. The molecule has 3 aromatic carbocycles. The van der Waals surface area contributed by atoms with Crippen molar-refractivity contribution in [3.63, 3.8) is 0 Å². The van der Waals surface area contributed by atoms with Crippen molar-refractivity contribution in [2.24, 2.45) is 0 Å². The van der Waals surface area contributed by atoms with Crippen molar-refractivity contribution in [2.45, 2.75) is 51.0 Å². The van der Waals surface area contributed by atoms with Crippen molar-refractivity contribution < 1.29 is 23.5 Å². The van der Waals surface area contributed by atoms with Crippen LogP contribution in [0.4, 0.5) is 0 Å². The van der Waals surface area contributed by atoms with E-state index < -0.39 is 7.60 Å². The van der Waals surface area contributed by atoms with Crippen molar-refractivity contribution in [1.29, 1.82) is 0 Å². The lowest BCUT2D eigenvalue weighted by Gasteiger charge is -2.30. The van der Waals surface area contributed by atoms with Gasteiger partial charge in [-0.2, -0.15) is 0 Å². The second-order valence-electron chi connectivity index (χ2n) is 9.70. The van der Waals surface area contributed by atoms with Crippen LogP contribution in [0.3, 0.4) is 0 Å². The van der Waals surface area contributed by atoms with Crippen molar-refractivity contribution in [3.8, 4) is 11.5 Å². The van der Waals surface area contributed by atoms with Crippen molar-refractivity contribution in [3.05, 3.63) is 92.5 Å². The van der Waals surface area contributed by atoms with Crippen LogP contribution >= 0.6 is 30.8 Å². The number of hydrogen-bond donors (Lipinski definition) is 1. The Kier molecular flexibility index (Phi) is 7.40. The van der Waals surface area contributed by atoms with Gasteiger partial charge >= 0.3 is 7.60 Å². The molecule has 0 spiro atoms. The van der Waals surface area contributed by atoms with Crippen molar-refractivity contribution >= 4 is 30.8 Å². The monoisotopic (exact) mass is 546 g/mol. The third-order valence-electron chi connectivity index (χ3n) is 6.88. The van der Waals surface area contributed by atoms with Crippen molar-refractivity contribution in [1.82, 2.24) is 0 Å². The van der Waals surface area contributed by atoms with Gasteiger partial charge in [0.05, 0.1) is 12.7 Å².